The van der Waals surface area contributed by atoms with Gasteiger partial charge in [0.25, 0.3) is 0 Å². The van der Waals surface area contributed by atoms with E-state index in [0.29, 0.717) is 11.5 Å². The van der Waals surface area contributed by atoms with Crippen LogP contribution in [0, 0.1) is 5.41 Å². The van der Waals surface area contributed by atoms with E-state index in [2.05, 4.69) is 38.8 Å². The van der Waals surface area contributed by atoms with Gasteiger partial charge in [0.2, 0.25) is 0 Å². The fourth-order valence-corrected chi connectivity index (χ4v) is 2.13. The lowest BCUT2D eigenvalue weighted by Gasteiger charge is -2.36. The first-order valence-electron chi connectivity index (χ1n) is 5.05. The van der Waals surface area contributed by atoms with E-state index in [0.717, 1.165) is 12.2 Å². The van der Waals surface area contributed by atoms with Crippen LogP contribution in [0.3, 0.4) is 0 Å². The molecule has 1 nitrogen and oxygen atoms in total. The molecular weight excluding hydrogens is 158 g/mol. The molecule has 74 valence electrons. The van der Waals surface area contributed by atoms with Gasteiger partial charge in [0.15, 0.2) is 0 Å². The quantitative estimate of drug-likeness (QED) is 0.588. The number of allylic oxidation sites excluding steroid dienone is 1. The van der Waals surface area contributed by atoms with Crippen molar-refractivity contribution >= 4 is 0 Å². The molecule has 0 aromatic rings. The van der Waals surface area contributed by atoms with Crippen molar-refractivity contribution in [1.29, 1.82) is 0 Å². The van der Waals surface area contributed by atoms with E-state index in [4.69, 9.17) is 0 Å². The Morgan fingerprint density at radius 3 is 2.54 bits per heavy atom. The summed E-state index contributed by atoms with van der Waals surface area (Å²) in [6, 6.07) is 0.637. The molecule has 0 N–H and O–H groups in total. The summed E-state index contributed by atoms with van der Waals surface area (Å²) in [5.41, 5.74) is 1.43. The second-order valence-electron chi connectivity index (χ2n) is 4.91. The minimum atomic E-state index is 0.350. The molecular formula is C12H21N. The van der Waals surface area contributed by atoms with Crippen LogP contribution < -0.4 is 0 Å². The van der Waals surface area contributed by atoms with Crippen LogP contribution in [-0.2, 0) is 0 Å². The van der Waals surface area contributed by atoms with Crippen LogP contribution in [0.15, 0.2) is 24.9 Å². The summed E-state index contributed by atoms with van der Waals surface area (Å²) in [5.74, 6) is 0. The Kier molecular flexibility index (Phi) is 2.84. The SMILES string of the molecule is C=CC(=C)N1CCCC1C(C)(C)C. The second kappa shape index (κ2) is 3.57. The smallest absolute Gasteiger partial charge is 0.0338 e. The highest BCUT2D eigenvalue weighted by Gasteiger charge is 2.33. The van der Waals surface area contributed by atoms with Crippen molar-refractivity contribution in [3.8, 4) is 0 Å². The molecule has 0 aliphatic carbocycles. The number of hydrogen-bond donors (Lipinski definition) is 0. The van der Waals surface area contributed by atoms with E-state index in [1.165, 1.54) is 12.8 Å². The van der Waals surface area contributed by atoms with Gasteiger partial charge in [-0.2, -0.15) is 0 Å². The molecule has 1 rings (SSSR count). The van der Waals surface area contributed by atoms with Crippen molar-refractivity contribution in [2.45, 2.75) is 39.7 Å². The molecule has 1 heterocycles. The predicted molar refractivity (Wildman–Crippen MR) is 58.5 cm³/mol. The van der Waals surface area contributed by atoms with Gasteiger partial charge in [-0.05, 0) is 24.3 Å². The maximum absolute atomic E-state index is 4.03. The summed E-state index contributed by atoms with van der Waals surface area (Å²) in [5, 5.41) is 0. The molecule has 0 amide bonds. The zero-order valence-electron chi connectivity index (χ0n) is 9.14. The van der Waals surface area contributed by atoms with Crippen molar-refractivity contribution < 1.29 is 0 Å². The zero-order valence-corrected chi connectivity index (χ0v) is 9.14. The molecule has 1 heteroatoms. The second-order valence-corrected chi connectivity index (χ2v) is 4.91. The molecule has 1 aliphatic heterocycles. The Morgan fingerprint density at radius 1 is 1.46 bits per heavy atom. The molecule has 0 radical (unpaired) electrons. The Balaban J connectivity index is 2.75. The summed E-state index contributed by atoms with van der Waals surface area (Å²) in [6.45, 7) is 15.8. The van der Waals surface area contributed by atoms with Crippen LogP contribution >= 0.6 is 0 Å². The van der Waals surface area contributed by atoms with Crippen LogP contribution in [0.2, 0.25) is 0 Å². The highest BCUT2D eigenvalue weighted by Crippen LogP contribution is 2.34. The molecule has 0 bridgehead atoms. The van der Waals surface area contributed by atoms with E-state index in [9.17, 15) is 0 Å². The van der Waals surface area contributed by atoms with Gasteiger partial charge in [0.1, 0.15) is 0 Å². The summed E-state index contributed by atoms with van der Waals surface area (Å²) in [6.07, 6.45) is 4.44. The van der Waals surface area contributed by atoms with Crippen LogP contribution in [0.4, 0.5) is 0 Å². The minimum Gasteiger partial charge on any atom is -0.369 e. The fourth-order valence-electron chi connectivity index (χ4n) is 2.13. The van der Waals surface area contributed by atoms with Gasteiger partial charge in [-0.1, -0.05) is 33.9 Å². The van der Waals surface area contributed by atoms with Gasteiger partial charge >= 0.3 is 0 Å². The van der Waals surface area contributed by atoms with Crippen molar-refractivity contribution in [1.82, 2.24) is 4.90 Å². The molecule has 1 fully saturated rings. The van der Waals surface area contributed by atoms with E-state index in [1.807, 2.05) is 6.08 Å². The first-order chi connectivity index (χ1) is 5.96. The standard InChI is InChI=1S/C12H21N/c1-6-10(2)13-9-7-8-11(13)12(3,4)5/h6,11H,1-2,7-9H2,3-5H3. The van der Waals surface area contributed by atoms with Crippen molar-refractivity contribution in [3.05, 3.63) is 24.9 Å². The number of hydrogen-bond acceptors (Lipinski definition) is 1. The lowest BCUT2D eigenvalue weighted by atomic mass is 9.85. The lowest BCUT2D eigenvalue weighted by molar-refractivity contribution is 0.180. The molecule has 1 unspecified atom stereocenters. The average molecular weight is 179 g/mol. The first-order valence-corrected chi connectivity index (χ1v) is 5.05. The van der Waals surface area contributed by atoms with E-state index < -0.39 is 0 Å². The molecule has 1 aliphatic rings. The summed E-state index contributed by atoms with van der Waals surface area (Å²) in [7, 11) is 0. The number of rotatable bonds is 2. The summed E-state index contributed by atoms with van der Waals surface area (Å²) >= 11 is 0. The topological polar surface area (TPSA) is 3.24 Å². The van der Waals surface area contributed by atoms with Gasteiger partial charge < -0.3 is 4.90 Å². The minimum absolute atomic E-state index is 0.350. The largest absolute Gasteiger partial charge is 0.369 e. The predicted octanol–water partition coefficient (Wildman–Crippen LogP) is 3.20. The van der Waals surface area contributed by atoms with Gasteiger partial charge in [-0.25, -0.2) is 0 Å². The normalized spacial score (nSPS) is 23.3. The van der Waals surface area contributed by atoms with Crippen LogP contribution in [0.25, 0.3) is 0 Å². The Hall–Kier alpha value is -0.720. The first kappa shape index (κ1) is 10.4. The van der Waals surface area contributed by atoms with Crippen molar-refractivity contribution in [3.63, 3.8) is 0 Å². The Bertz CT molecular complexity index is 210. The average Bonchev–Trinajstić information content (AvgIpc) is 2.49. The fraction of sp³-hybridized carbons (Fsp3) is 0.667. The maximum atomic E-state index is 4.03. The molecule has 0 saturated carbocycles. The molecule has 0 aromatic heterocycles. The van der Waals surface area contributed by atoms with Crippen LogP contribution in [0.5, 0.6) is 0 Å². The molecule has 13 heavy (non-hydrogen) atoms. The zero-order chi connectivity index (χ0) is 10.1. The number of likely N-dealkylation sites (tertiary alicyclic amines) is 1. The lowest BCUT2D eigenvalue weighted by Crippen LogP contribution is -2.38. The third kappa shape index (κ3) is 2.15. The highest BCUT2D eigenvalue weighted by molar-refractivity contribution is 5.13. The third-order valence-electron chi connectivity index (χ3n) is 2.86. The van der Waals surface area contributed by atoms with Crippen molar-refractivity contribution in [2.24, 2.45) is 5.41 Å². The van der Waals surface area contributed by atoms with Gasteiger partial charge in [0.05, 0.1) is 0 Å². The van der Waals surface area contributed by atoms with Crippen LogP contribution in [-0.4, -0.2) is 17.5 Å². The van der Waals surface area contributed by atoms with E-state index >= 15 is 0 Å². The Labute approximate surface area is 82.1 Å². The molecule has 0 spiro atoms. The van der Waals surface area contributed by atoms with Crippen molar-refractivity contribution in [2.75, 3.05) is 6.54 Å². The van der Waals surface area contributed by atoms with E-state index in [-0.39, 0.29) is 0 Å². The maximum Gasteiger partial charge on any atom is 0.0338 e. The molecule has 0 aromatic carbocycles. The number of nitrogens with zero attached hydrogens (tertiary/aromatic N) is 1. The molecule has 1 atom stereocenters. The molecule has 1 saturated heterocycles. The van der Waals surface area contributed by atoms with Gasteiger partial charge in [0, 0.05) is 18.3 Å². The Morgan fingerprint density at radius 2 is 2.08 bits per heavy atom. The third-order valence-corrected chi connectivity index (χ3v) is 2.86. The van der Waals surface area contributed by atoms with Crippen LogP contribution in [0.1, 0.15) is 33.6 Å². The summed E-state index contributed by atoms with van der Waals surface area (Å²) < 4.78 is 0. The monoisotopic (exact) mass is 179 g/mol. The highest BCUT2D eigenvalue weighted by atomic mass is 15.2. The van der Waals surface area contributed by atoms with Gasteiger partial charge in [-0.3, -0.25) is 0 Å². The summed E-state index contributed by atoms with van der Waals surface area (Å²) in [4.78, 5) is 2.40. The van der Waals surface area contributed by atoms with Gasteiger partial charge in [-0.15, -0.1) is 0 Å². The van der Waals surface area contributed by atoms with E-state index in [1.54, 1.807) is 0 Å².